The van der Waals surface area contributed by atoms with E-state index in [0.29, 0.717) is 11.6 Å². The van der Waals surface area contributed by atoms with E-state index >= 15 is 0 Å². The van der Waals surface area contributed by atoms with Gasteiger partial charge >= 0.3 is 0 Å². The minimum atomic E-state index is -0.241. The number of hydrogen-bond donors (Lipinski definition) is 3. The first-order valence-corrected chi connectivity index (χ1v) is 4.69. The molecule has 0 aliphatic heterocycles. The van der Waals surface area contributed by atoms with Gasteiger partial charge in [-0.3, -0.25) is 0 Å². The monoisotopic (exact) mass is 196 g/mol. The molecule has 0 aliphatic carbocycles. The topological polar surface area (TPSA) is 84.1 Å². The van der Waals surface area contributed by atoms with Crippen molar-refractivity contribution in [1.29, 1.82) is 0 Å². The van der Waals surface area contributed by atoms with Gasteiger partial charge in [-0.05, 0) is 31.9 Å². The van der Waals surface area contributed by atoms with Crippen molar-refractivity contribution in [1.82, 2.24) is 10.2 Å². The van der Waals surface area contributed by atoms with Crippen molar-refractivity contribution >= 4 is 11.6 Å². The summed E-state index contributed by atoms with van der Waals surface area (Å²) in [6, 6.07) is 3.48. The molecule has 1 aromatic heterocycles. The minimum absolute atomic E-state index is 0.241. The zero-order valence-corrected chi connectivity index (χ0v) is 8.27. The highest BCUT2D eigenvalue weighted by Gasteiger charge is 1.96. The lowest BCUT2D eigenvalue weighted by Crippen LogP contribution is -2.08. The van der Waals surface area contributed by atoms with Gasteiger partial charge in [0.05, 0.1) is 6.10 Å². The van der Waals surface area contributed by atoms with E-state index in [-0.39, 0.29) is 6.10 Å². The third kappa shape index (κ3) is 4.04. The highest BCUT2D eigenvalue weighted by Crippen LogP contribution is 2.03. The van der Waals surface area contributed by atoms with E-state index in [9.17, 15) is 0 Å². The molecule has 5 nitrogen and oxygen atoms in total. The maximum Gasteiger partial charge on any atom is 0.148 e. The first-order valence-electron chi connectivity index (χ1n) is 4.69. The highest BCUT2D eigenvalue weighted by molar-refractivity contribution is 5.38. The normalized spacial score (nSPS) is 12.4. The number of nitrogens with zero attached hydrogens (tertiary/aromatic N) is 2. The first kappa shape index (κ1) is 10.7. The van der Waals surface area contributed by atoms with E-state index < -0.39 is 0 Å². The van der Waals surface area contributed by atoms with Crippen molar-refractivity contribution in [3.05, 3.63) is 12.1 Å². The molecule has 4 N–H and O–H groups in total. The lowest BCUT2D eigenvalue weighted by atomic mass is 10.2. The summed E-state index contributed by atoms with van der Waals surface area (Å²) < 4.78 is 0. The Bertz CT molecular complexity index is 260. The summed E-state index contributed by atoms with van der Waals surface area (Å²) in [4.78, 5) is 0. The standard InChI is InChI=1S/C9H16N4O/c1-7(14)3-2-6-11-9-5-4-8(10)12-13-9/h4-5,7,14H,2-3,6H2,1H3,(H2,10,12)(H,11,13). The van der Waals surface area contributed by atoms with Gasteiger partial charge in [0.2, 0.25) is 0 Å². The zero-order chi connectivity index (χ0) is 10.4. The smallest absolute Gasteiger partial charge is 0.148 e. The molecule has 5 heteroatoms. The number of nitrogens with one attached hydrogen (secondary N) is 1. The molecule has 1 aromatic rings. The zero-order valence-electron chi connectivity index (χ0n) is 8.27. The Morgan fingerprint density at radius 3 is 2.86 bits per heavy atom. The van der Waals surface area contributed by atoms with Crippen LogP contribution in [0.4, 0.5) is 11.6 Å². The van der Waals surface area contributed by atoms with Crippen LogP contribution in [0.2, 0.25) is 0 Å². The van der Waals surface area contributed by atoms with Gasteiger partial charge in [0.25, 0.3) is 0 Å². The quantitative estimate of drug-likeness (QED) is 0.601. The van der Waals surface area contributed by atoms with Crippen molar-refractivity contribution in [2.75, 3.05) is 17.6 Å². The number of nitrogen functional groups attached to an aromatic ring is 1. The van der Waals surface area contributed by atoms with Gasteiger partial charge in [0.15, 0.2) is 0 Å². The summed E-state index contributed by atoms with van der Waals surface area (Å²) in [5.74, 6) is 1.13. The van der Waals surface area contributed by atoms with E-state index in [1.54, 1.807) is 19.1 Å². The molecule has 1 rings (SSSR count). The fourth-order valence-electron chi connectivity index (χ4n) is 1.05. The molecule has 0 spiro atoms. The molecule has 78 valence electrons. The fraction of sp³-hybridized carbons (Fsp3) is 0.556. The second-order valence-corrected chi connectivity index (χ2v) is 3.26. The molecule has 0 saturated carbocycles. The Balaban J connectivity index is 2.21. The number of aliphatic hydroxyl groups excluding tert-OH is 1. The molecule has 14 heavy (non-hydrogen) atoms. The number of rotatable bonds is 5. The van der Waals surface area contributed by atoms with Crippen molar-refractivity contribution in [2.45, 2.75) is 25.9 Å². The highest BCUT2D eigenvalue weighted by atomic mass is 16.3. The third-order valence-corrected chi connectivity index (χ3v) is 1.79. The van der Waals surface area contributed by atoms with Crippen LogP contribution in [-0.4, -0.2) is 28.0 Å². The molecule has 0 aliphatic rings. The summed E-state index contributed by atoms with van der Waals surface area (Å²) >= 11 is 0. The summed E-state index contributed by atoms with van der Waals surface area (Å²) in [6.45, 7) is 2.56. The van der Waals surface area contributed by atoms with Crippen LogP contribution in [-0.2, 0) is 0 Å². The Labute approximate surface area is 83.3 Å². The van der Waals surface area contributed by atoms with Crippen molar-refractivity contribution in [2.24, 2.45) is 0 Å². The van der Waals surface area contributed by atoms with Gasteiger partial charge in [0, 0.05) is 6.54 Å². The summed E-state index contributed by atoms with van der Waals surface area (Å²) in [5.41, 5.74) is 5.39. The van der Waals surface area contributed by atoms with Crippen LogP contribution in [0.1, 0.15) is 19.8 Å². The Morgan fingerprint density at radius 1 is 1.50 bits per heavy atom. The van der Waals surface area contributed by atoms with Crippen LogP contribution < -0.4 is 11.1 Å². The second kappa shape index (κ2) is 5.39. The number of aromatic nitrogens is 2. The summed E-state index contributed by atoms with van der Waals surface area (Å²) in [6.07, 6.45) is 1.45. The Kier molecular flexibility index (Phi) is 4.12. The third-order valence-electron chi connectivity index (χ3n) is 1.79. The van der Waals surface area contributed by atoms with Crippen molar-refractivity contribution in [3.63, 3.8) is 0 Å². The Hall–Kier alpha value is -1.36. The molecule has 1 atom stereocenters. The van der Waals surface area contributed by atoms with Crippen molar-refractivity contribution in [3.8, 4) is 0 Å². The van der Waals surface area contributed by atoms with Crippen LogP contribution in [0.15, 0.2) is 12.1 Å². The lowest BCUT2D eigenvalue weighted by Gasteiger charge is -2.05. The van der Waals surface area contributed by atoms with E-state index in [1.165, 1.54) is 0 Å². The average Bonchev–Trinajstić information content (AvgIpc) is 2.15. The number of hydrogen-bond acceptors (Lipinski definition) is 5. The maximum atomic E-state index is 9.01. The molecule has 0 radical (unpaired) electrons. The van der Waals surface area contributed by atoms with Crippen molar-refractivity contribution < 1.29 is 5.11 Å². The molecular formula is C9H16N4O. The number of anilines is 2. The molecular weight excluding hydrogens is 180 g/mol. The van der Waals surface area contributed by atoms with Gasteiger partial charge in [-0.2, -0.15) is 0 Å². The molecule has 0 aromatic carbocycles. The van der Waals surface area contributed by atoms with Gasteiger partial charge in [0.1, 0.15) is 11.6 Å². The van der Waals surface area contributed by atoms with Crippen LogP contribution in [0.3, 0.4) is 0 Å². The molecule has 1 heterocycles. The van der Waals surface area contributed by atoms with E-state index in [1.807, 2.05) is 0 Å². The predicted molar refractivity (Wildman–Crippen MR) is 55.8 cm³/mol. The average molecular weight is 196 g/mol. The molecule has 1 unspecified atom stereocenters. The molecule has 0 bridgehead atoms. The molecule has 0 fully saturated rings. The number of nitrogens with two attached hydrogens (primary N) is 1. The molecule has 0 saturated heterocycles. The van der Waals surface area contributed by atoms with Crippen LogP contribution in [0, 0.1) is 0 Å². The van der Waals surface area contributed by atoms with Gasteiger partial charge in [-0.15, -0.1) is 10.2 Å². The summed E-state index contributed by atoms with van der Waals surface area (Å²) in [5, 5.41) is 19.7. The van der Waals surface area contributed by atoms with E-state index in [4.69, 9.17) is 10.8 Å². The van der Waals surface area contributed by atoms with Gasteiger partial charge in [-0.25, -0.2) is 0 Å². The van der Waals surface area contributed by atoms with E-state index in [0.717, 1.165) is 19.4 Å². The van der Waals surface area contributed by atoms with Crippen LogP contribution in [0.5, 0.6) is 0 Å². The Morgan fingerprint density at radius 2 is 2.29 bits per heavy atom. The van der Waals surface area contributed by atoms with E-state index in [2.05, 4.69) is 15.5 Å². The van der Waals surface area contributed by atoms with Crippen LogP contribution >= 0.6 is 0 Å². The second-order valence-electron chi connectivity index (χ2n) is 3.26. The predicted octanol–water partition coefficient (Wildman–Crippen LogP) is 0.632. The summed E-state index contributed by atoms with van der Waals surface area (Å²) in [7, 11) is 0. The minimum Gasteiger partial charge on any atom is -0.393 e. The largest absolute Gasteiger partial charge is 0.393 e. The van der Waals surface area contributed by atoms with Gasteiger partial charge < -0.3 is 16.2 Å². The maximum absolute atomic E-state index is 9.01. The lowest BCUT2D eigenvalue weighted by molar-refractivity contribution is 0.183. The fourth-order valence-corrected chi connectivity index (χ4v) is 1.05. The van der Waals surface area contributed by atoms with Gasteiger partial charge in [-0.1, -0.05) is 0 Å². The first-order chi connectivity index (χ1) is 6.68. The molecule has 0 amide bonds. The van der Waals surface area contributed by atoms with Crippen LogP contribution in [0.25, 0.3) is 0 Å². The number of aliphatic hydroxyl groups is 1. The SMILES string of the molecule is CC(O)CCCNc1ccc(N)nn1.